The molecule has 2 aromatic carbocycles. The lowest BCUT2D eigenvalue weighted by Gasteiger charge is -2.15. The first-order valence-corrected chi connectivity index (χ1v) is 7.51. The van der Waals surface area contributed by atoms with Crippen molar-refractivity contribution in [3.63, 3.8) is 0 Å². The van der Waals surface area contributed by atoms with Crippen LogP contribution in [0.3, 0.4) is 0 Å². The van der Waals surface area contributed by atoms with Gasteiger partial charge in [0.15, 0.2) is 6.10 Å². The number of hydrogen-bond donors (Lipinski definition) is 2. The third-order valence-corrected chi connectivity index (χ3v) is 3.43. The molecule has 0 heterocycles. The highest BCUT2D eigenvalue weighted by Gasteiger charge is 2.15. The molecule has 0 bridgehead atoms. The molecule has 0 aromatic heterocycles. The van der Waals surface area contributed by atoms with Gasteiger partial charge in [-0.15, -0.1) is 0 Å². The van der Waals surface area contributed by atoms with Crippen LogP contribution in [0.15, 0.2) is 48.5 Å². The molecular formula is C18H19FN2O3. The molecule has 2 aromatic rings. The molecule has 0 saturated heterocycles. The number of ether oxygens (including phenoxy) is 1. The number of rotatable bonds is 5. The standard InChI is InChI=1S/C18H19FN2O3/c1-12-5-3-4-6-14(12)11-17(22)20-21-18(23)13(2)24-16-9-7-15(19)8-10-16/h3-10,13H,11H2,1-2H3,(H,20,22)(H,21,23)/t13-/m1/s1. The molecule has 126 valence electrons. The van der Waals surface area contributed by atoms with Crippen molar-refractivity contribution in [2.24, 2.45) is 0 Å². The van der Waals surface area contributed by atoms with Crippen molar-refractivity contribution in [1.29, 1.82) is 0 Å². The molecule has 2 amide bonds. The Morgan fingerprint density at radius 1 is 1.08 bits per heavy atom. The van der Waals surface area contributed by atoms with E-state index in [-0.39, 0.29) is 18.1 Å². The molecule has 0 unspecified atom stereocenters. The molecule has 0 radical (unpaired) electrons. The van der Waals surface area contributed by atoms with E-state index in [1.54, 1.807) is 0 Å². The first-order valence-electron chi connectivity index (χ1n) is 7.51. The summed E-state index contributed by atoms with van der Waals surface area (Å²) >= 11 is 0. The summed E-state index contributed by atoms with van der Waals surface area (Å²) < 4.78 is 18.2. The van der Waals surface area contributed by atoms with Crippen LogP contribution >= 0.6 is 0 Å². The highest BCUT2D eigenvalue weighted by atomic mass is 19.1. The number of aryl methyl sites for hydroxylation is 1. The van der Waals surface area contributed by atoms with Crippen molar-refractivity contribution >= 4 is 11.8 Å². The van der Waals surface area contributed by atoms with E-state index in [0.717, 1.165) is 11.1 Å². The highest BCUT2D eigenvalue weighted by molar-refractivity contribution is 5.85. The molecule has 2 rings (SSSR count). The van der Waals surface area contributed by atoms with Crippen LogP contribution in [0.4, 0.5) is 4.39 Å². The predicted molar refractivity (Wildman–Crippen MR) is 87.7 cm³/mol. The fourth-order valence-electron chi connectivity index (χ4n) is 2.03. The third kappa shape index (κ3) is 5.08. The lowest BCUT2D eigenvalue weighted by molar-refractivity contribution is -0.132. The van der Waals surface area contributed by atoms with Crippen molar-refractivity contribution in [1.82, 2.24) is 10.9 Å². The molecule has 6 heteroatoms. The van der Waals surface area contributed by atoms with Crippen LogP contribution in [0.5, 0.6) is 5.75 Å². The number of halogens is 1. The third-order valence-electron chi connectivity index (χ3n) is 3.43. The van der Waals surface area contributed by atoms with Gasteiger partial charge in [-0.1, -0.05) is 24.3 Å². The zero-order valence-corrected chi connectivity index (χ0v) is 13.5. The fraction of sp³-hybridized carbons (Fsp3) is 0.222. The van der Waals surface area contributed by atoms with Crippen LogP contribution in [0, 0.1) is 12.7 Å². The molecule has 0 saturated carbocycles. The topological polar surface area (TPSA) is 67.4 Å². The van der Waals surface area contributed by atoms with Gasteiger partial charge in [0.25, 0.3) is 5.91 Å². The molecule has 2 N–H and O–H groups in total. The van der Waals surface area contributed by atoms with E-state index >= 15 is 0 Å². The first kappa shape index (κ1) is 17.5. The van der Waals surface area contributed by atoms with E-state index in [4.69, 9.17) is 4.74 Å². The summed E-state index contributed by atoms with van der Waals surface area (Å²) in [5.74, 6) is -0.850. The van der Waals surface area contributed by atoms with Crippen molar-refractivity contribution in [2.75, 3.05) is 0 Å². The minimum atomic E-state index is -0.839. The van der Waals surface area contributed by atoms with Crippen LogP contribution in [0.25, 0.3) is 0 Å². The van der Waals surface area contributed by atoms with Crippen molar-refractivity contribution in [3.05, 3.63) is 65.5 Å². The largest absolute Gasteiger partial charge is 0.481 e. The first-order chi connectivity index (χ1) is 11.5. The molecular weight excluding hydrogens is 311 g/mol. The van der Waals surface area contributed by atoms with Gasteiger partial charge in [-0.2, -0.15) is 0 Å². The Morgan fingerprint density at radius 2 is 1.75 bits per heavy atom. The van der Waals surface area contributed by atoms with E-state index in [1.165, 1.54) is 31.2 Å². The van der Waals surface area contributed by atoms with Crippen molar-refractivity contribution in [2.45, 2.75) is 26.4 Å². The molecule has 0 fully saturated rings. The van der Waals surface area contributed by atoms with E-state index in [9.17, 15) is 14.0 Å². The average Bonchev–Trinajstić information content (AvgIpc) is 2.57. The van der Waals surface area contributed by atoms with E-state index in [0.29, 0.717) is 5.75 Å². The fourth-order valence-corrected chi connectivity index (χ4v) is 2.03. The Hall–Kier alpha value is -2.89. The predicted octanol–water partition coefficient (Wildman–Crippen LogP) is 2.29. The van der Waals surface area contributed by atoms with Gasteiger partial charge in [0, 0.05) is 0 Å². The molecule has 1 atom stereocenters. The van der Waals surface area contributed by atoms with Crippen molar-refractivity contribution < 1.29 is 18.7 Å². The number of carbonyl (C=O) groups is 2. The summed E-state index contributed by atoms with van der Waals surface area (Å²) in [6, 6.07) is 12.9. The lowest BCUT2D eigenvalue weighted by Crippen LogP contribution is -2.47. The van der Waals surface area contributed by atoms with Crippen LogP contribution in [0.1, 0.15) is 18.1 Å². The van der Waals surface area contributed by atoms with E-state index in [2.05, 4.69) is 10.9 Å². The summed E-state index contributed by atoms with van der Waals surface area (Å²) in [7, 11) is 0. The van der Waals surface area contributed by atoms with Gasteiger partial charge in [-0.25, -0.2) is 4.39 Å². The van der Waals surface area contributed by atoms with Gasteiger partial charge in [0.1, 0.15) is 11.6 Å². The van der Waals surface area contributed by atoms with E-state index in [1.807, 2.05) is 31.2 Å². The Morgan fingerprint density at radius 3 is 2.42 bits per heavy atom. The Kier molecular flexibility index (Phi) is 5.89. The van der Waals surface area contributed by atoms with Crippen molar-refractivity contribution in [3.8, 4) is 5.75 Å². The number of hydrogen-bond acceptors (Lipinski definition) is 3. The molecule has 0 aliphatic rings. The van der Waals surface area contributed by atoms with Gasteiger partial charge in [0.05, 0.1) is 6.42 Å². The second-order valence-electron chi connectivity index (χ2n) is 5.35. The summed E-state index contributed by atoms with van der Waals surface area (Å²) in [6.45, 7) is 3.45. The zero-order chi connectivity index (χ0) is 17.5. The Labute approximate surface area is 139 Å². The maximum atomic E-state index is 12.8. The number of hydrazine groups is 1. The van der Waals surface area contributed by atoms with Crippen LogP contribution in [-0.2, 0) is 16.0 Å². The number of amides is 2. The summed E-state index contributed by atoms with van der Waals surface area (Å²) in [6.07, 6.45) is -0.672. The van der Waals surface area contributed by atoms with Crippen LogP contribution in [-0.4, -0.2) is 17.9 Å². The molecule has 5 nitrogen and oxygen atoms in total. The second kappa shape index (κ2) is 8.10. The SMILES string of the molecule is Cc1ccccc1CC(=O)NNC(=O)[C@@H](C)Oc1ccc(F)cc1. The number of carbonyl (C=O) groups excluding carboxylic acids is 2. The maximum Gasteiger partial charge on any atom is 0.279 e. The average molecular weight is 330 g/mol. The molecule has 0 aliphatic heterocycles. The summed E-state index contributed by atoms with van der Waals surface area (Å²) in [4.78, 5) is 23.8. The monoisotopic (exact) mass is 330 g/mol. The quantitative estimate of drug-likeness (QED) is 0.827. The van der Waals surface area contributed by atoms with E-state index < -0.39 is 12.0 Å². The van der Waals surface area contributed by atoms with Gasteiger partial charge < -0.3 is 4.74 Å². The molecule has 0 aliphatic carbocycles. The van der Waals surface area contributed by atoms with Crippen LogP contribution < -0.4 is 15.6 Å². The number of benzene rings is 2. The summed E-state index contributed by atoms with van der Waals surface area (Å²) in [5.41, 5.74) is 6.57. The number of nitrogens with one attached hydrogen (secondary N) is 2. The maximum absolute atomic E-state index is 12.8. The van der Waals surface area contributed by atoms with Gasteiger partial charge in [-0.3, -0.25) is 20.4 Å². The Balaban J connectivity index is 1.80. The van der Waals surface area contributed by atoms with Gasteiger partial charge in [0.2, 0.25) is 5.91 Å². The van der Waals surface area contributed by atoms with Gasteiger partial charge >= 0.3 is 0 Å². The van der Waals surface area contributed by atoms with Crippen LogP contribution in [0.2, 0.25) is 0 Å². The Bertz CT molecular complexity index is 716. The minimum Gasteiger partial charge on any atom is -0.481 e. The lowest BCUT2D eigenvalue weighted by atomic mass is 10.1. The highest BCUT2D eigenvalue weighted by Crippen LogP contribution is 2.13. The molecule has 0 spiro atoms. The molecule has 24 heavy (non-hydrogen) atoms. The van der Waals surface area contributed by atoms with Gasteiger partial charge in [-0.05, 0) is 49.2 Å². The second-order valence-corrected chi connectivity index (χ2v) is 5.35. The summed E-state index contributed by atoms with van der Waals surface area (Å²) in [5, 5.41) is 0. The normalized spacial score (nSPS) is 11.5. The zero-order valence-electron chi connectivity index (χ0n) is 13.5. The smallest absolute Gasteiger partial charge is 0.279 e. The minimum absolute atomic E-state index is 0.167.